The number of ether oxygens (including phenoxy) is 1. The molecule has 1 aliphatic rings. The number of methoxy groups -OCH3 is 1. The van der Waals surface area contributed by atoms with Gasteiger partial charge in [-0.05, 0) is 52.9 Å². The quantitative estimate of drug-likeness (QED) is 0.425. The molecule has 5 rings (SSSR count). The molecule has 0 saturated carbocycles. The molecule has 1 aliphatic carbocycles. The maximum Gasteiger partial charge on any atom is 0.280 e. The molecule has 0 radical (unpaired) electrons. The highest BCUT2D eigenvalue weighted by atomic mass is 19.1. The van der Waals surface area contributed by atoms with E-state index in [0.717, 1.165) is 33.6 Å². The van der Waals surface area contributed by atoms with Crippen molar-refractivity contribution in [3.05, 3.63) is 107 Å². The maximum absolute atomic E-state index is 14.9. The fraction of sp³-hybridized carbons (Fsp3) is 0.111. The van der Waals surface area contributed by atoms with Crippen LogP contribution in [0.25, 0.3) is 22.9 Å². The van der Waals surface area contributed by atoms with Gasteiger partial charge in [-0.15, -0.1) is 0 Å². The summed E-state index contributed by atoms with van der Waals surface area (Å²) in [6, 6.07) is 20.6. The second kappa shape index (κ2) is 8.39. The Bertz CT molecular complexity index is 1340. The second-order valence-corrected chi connectivity index (χ2v) is 7.93. The van der Waals surface area contributed by atoms with Crippen molar-refractivity contribution >= 4 is 12.0 Å². The zero-order valence-corrected chi connectivity index (χ0v) is 18.2. The molecule has 0 fully saturated rings. The van der Waals surface area contributed by atoms with Gasteiger partial charge in [0.1, 0.15) is 5.75 Å². The number of benzene rings is 3. The van der Waals surface area contributed by atoms with Gasteiger partial charge in [-0.3, -0.25) is 4.79 Å². The Hall–Kier alpha value is -4.19. The summed E-state index contributed by atoms with van der Waals surface area (Å²) in [7, 11) is 1.55. The molecular formula is C27H22FN3O2. The van der Waals surface area contributed by atoms with Crippen LogP contribution in [0.1, 0.15) is 28.4 Å². The number of fused-ring (bicyclic) bond motifs is 3. The molecule has 1 heterocycles. The van der Waals surface area contributed by atoms with E-state index in [-0.39, 0.29) is 0 Å². The van der Waals surface area contributed by atoms with Crippen LogP contribution in [0.5, 0.6) is 5.75 Å². The van der Waals surface area contributed by atoms with Crippen molar-refractivity contribution in [2.75, 3.05) is 7.11 Å². The minimum atomic E-state index is -0.870. The number of aryl methyl sites for hydroxylation is 1. The Kier molecular flexibility index (Phi) is 5.26. The average Bonchev–Trinajstić information content (AvgIpc) is 3.41. The van der Waals surface area contributed by atoms with E-state index >= 15 is 0 Å². The van der Waals surface area contributed by atoms with Crippen LogP contribution in [0.15, 0.2) is 85.1 Å². The number of carbonyl (C=O) groups excluding carboxylic acids is 1. The molecule has 4 aromatic rings. The van der Waals surface area contributed by atoms with Crippen LogP contribution < -0.4 is 10.1 Å². The molecule has 0 atom stereocenters. The highest BCUT2D eigenvalue weighted by Gasteiger charge is 2.29. The zero-order valence-electron chi connectivity index (χ0n) is 18.2. The van der Waals surface area contributed by atoms with Crippen molar-refractivity contribution in [3.8, 4) is 22.6 Å². The van der Waals surface area contributed by atoms with Crippen molar-refractivity contribution in [1.82, 2.24) is 14.9 Å². The molecule has 1 amide bonds. The van der Waals surface area contributed by atoms with Gasteiger partial charge >= 0.3 is 0 Å². The van der Waals surface area contributed by atoms with Gasteiger partial charge in [-0.1, -0.05) is 54.6 Å². The van der Waals surface area contributed by atoms with Crippen molar-refractivity contribution < 1.29 is 13.9 Å². The zero-order chi connectivity index (χ0) is 22.9. The first kappa shape index (κ1) is 20.7. The molecule has 3 aromatic carbocycles. The van der Waals surface area contributed by atoms with Gasteiger partial charge in [-0.25, -0.2) is 9.37 Å². The Labute approximate surface area is 191 Å². The van der Waals surface area contributed by atoms with Gasteiger partial charge < -0.3 is 14.6 Å². The van der Waals surface area contributed by atoms with E-state index in [2.05, 4.69) is 10.3 Å². The summed E-state index contributed by atoms with van der Waals surface area (Å²) in [6.45, 7) is 1.90. The summed E-state index contributed by atoms with van der Waals surface area (Å²) < 4.78 is 22.3. The van der Waals surface area contributed by atoms with Gasteiger partial charge in [0.2, 0.25) is 0 Å². The molecule has 5 nitrogen and oxygen atoms in total. The fourth-order valence-corrected chi connectivity index (χ4v) is 4.27. The first-order valence-electron chi connectivity index (χ1n) is 10.6. The van der Waals surface area contributed by atoms with E-state index in [1.807, 2.05) is 66.2 Å². The number of carbonyl (C=O) groups is 1. The molecule has 1 aromatic heterocycles. The monoisotopic (exact) mass is 439 g/mol. The predicted molar refractivity (Wildman–Crippen MR) is 126 cm³/mol. The third kappa shape index (κ3) is 3.80. The van der Waals surface area contributed by atoms with Crippen LogP contribution in [-0.4, -0.2) is 22.6 Å². The Morgan fingerprint density at radius 3 is 2.33 bits per heavy atom. The van der Waals surface area contributed by atoms with Crippen LogP contribution in [0.3, 0.4) is 0 Å². The van der Waals surface area contributed by atoms with E-state index < -0.39 is 17.8 Å². The van der Waals surface area contributed by atoms with Gasteiger partial charge in [0.25, 0.3) is 5.91 Å². The lowest BCUT2D eigenvalue weighted by Gasteiger charge is -2.15. The van der Waals surface area contributed by atoms with Crippen LogP contribution in [0.2, 0.25) is 0 Å². The number of imidazole rings is 1. The highest BCUT2D eigenvalue weighted by molar-refractivity contribution is 5.97. The molecule has 0 saturated heterocycles. The van der Waals surface area contributed by atoms with Gasteiger partial charge in [0.15, 0.2) is 5.83 Å². The Morgan fingerprint density at radius 1 is 1.06 bits per heavy atom. The molecule has 0 spiro atoms. The summed E-state index contributed by atoms with van der Waals surface area (Å²) >= 11 is 0. The predicted octanol–water partition coefficient (Wildman–Crippen LogP) is 5.39. The van der Waals surface area contributed by atoms with Crippen LogP contribution in [0, 0.1) is 6.92 Å². The SMILES string of the molecule is COc1cc(C=C(F)C(=O)NC2c3ccccc3-c3ccccc32)ccc1-n1cnc(C)c1. The standard InChI is InChI=1S/C27H22FN3O2/c1-17-15-31(16-29-17)24-12-11-18(14-25(24)33-2)13-23(28)27(32)30-26-21-9-5-3-7-19(21)20-8-4-6-10-22(20)26/h3-16,26H,1-2H3,(H,30,32). The molecular weight excluding hydrogens is 417 g/mol. The van der Waals surface area contributed by atoms with Gasteiger partial charge in [0.05, 0.1) is 30.9 Å². The first-order valence-corrected chi connectivity index (χ1v) is 10.6. The summed E-state index contributed by atoms with van der Waals surface area (Å²) in [4.78, 5) is 17.0. The fourth-order valence-electron chi connectivity index (χ4n) is 4.27. The molecule has 164 valence electrons. The van der Waals surface area contributed by atoms with Crippen molar-refractivity contribution in [1.29, 1.82) is 0 Å². The summed E-state index contributed by atoms with van der Waals surface area (Å²) in [6.07, 6.45) is 4.78. The average molecular weight is 439 g/mol. The molecule has 0 aliphatic heterocycles. The molecule has 1 N–H and O–H groups in total. The third-order valence-electron chi connectivity index (χ3n) is 5.81. The van der Waals surface area contributed by atoms with Crippen LogP contribution in [0.4, 0.5) is 4.39 Å². The van der Waals surface area contributed by atoms with Crippen LogP contribution >= 0.6 is 0 Å². The lowest BCUT2D eigenvalue weighted by molar-refractivity contribution is -0.119. The lowest BCUT2D eigenvalue weighted by atomic mass is 10.1. The number of nitrogens with zero attached hydrogens (tertiary/aromatic N) is 2. The number of aromatic nitrogens is 2. The number of hydrogen-bond acceptors (Lipinski definition) is 3. The third-order valence-corrected chi connectivity index (χ3v) is 5.81. The van der Waals surface area contributed by atoms with Crippen molar-refractivity contribution in [2.45, 2.75) is 13.0 Å². The molecule has 0 unspecified atom stereocenters. The smallest absolute Gasteiger partial charge is 0.280 e. The van der Waals surface area contributed by atoms with E-state index in [4.69, 9.17) is 4.74 Å². The molecule has 33 heavy (non-hydrogen) atoms. The minimum absolute atomic E-state index is 0.398. The number of hydrogen-bond donors (Lipinski definition) is 1. The largest absolute Gasteiger partial charge is 0.495 e. The maximum atomic E-state index is 14.9. The van der Waals surface area contributed by atoms with E-state index in [0.29, 0.717) is 11.3 Å². The highest BCUT2D eigenvalue weighted by Crippen LogP contribution is 2.43. The molecule has 6 heteroatoms. The number of rotatable bonds is 5. The number of nitrogens with one attached hydrogen (secondary N) is 1. The van der Waals surface area contributed by atoms with Crippen molar-refractivity contribution in [2.24, 2.45) is 0 Å². The number of amides is 1. The van der Waals surface area contributed by atoms with Crippen molar-refractivity contribution in [3.63, 3.8) is 0 Å². The topological polar surface area (TPSA) is 56.1 Å². The van der Waals surface area contributed by atoms with Gasteiger partial charge in [-0.2, -0.15) is 0 Å². The first-order chi connectivity index (χ1) is 16.0. The Morgan fingerprint density at radius 2 is 1.73 bits per heavy atom. The van der Waals surface area contributed by atoms with E-state index in [1.165, 1.54) is 6.08 Å². The number of halogens is 1. The minimum Gasteiger partial charge on any atom is -0.495 e. The lowest BCUT2D eigenvalue weighted by Crippen LogP contribution is -2.28. The van der Waals surface area contributed by atoms with Gasteiger partial charge in [0, 0.05) is 6.20 Å². The van der Waals surface area contributed by atoms with E-state index in [9.17, 15) is 9.18 Å². The molecule has 0 bridgehead atoms. The summed E-state index contributed by atoms with van der Waals surface area (Å²) in [5.74, 6) is -1.09. The van der Waals surface area contributed by atoms with Crippen LogP contribution in [-0.2, 0) is 4.79 Å². The summed E-state index contributed by atoms with van der Waals surface area (Å²) in [5.41, 5.74) is 6.20. The second-order valence-electron chi connectivity index (χ2n) is 7.93. The normalized spacial score (nSPS) is 12.9. The Balaban J connectivity index is 1.41. The van der Waals surface area contributed by atoms with E-state index in [1.54, 1.807) is 31.6 Å². The summed E-state index contributed by atoms with van der Waals surface area (Å²) in [5, 5.41) is 2.85.